The minimum absolute atomic E-state index is 0. The maximum Gasteiger partial charge on any atom is 0.429 e. The summed E-state index contributed by atoms with van der Waals surface area (Å²) in [5.74, 6) is -14.8. The van der Waals surface area contributed by atoms with Gasteiger partial charge in [-0.2, -0.15) is 13.2 Å². The topological polar surface area (TPSA) is 40.7 Å². The summed E-state index contributed by atoms with van der Waals surface area (Å²) in [7, 11) is 0. The van der Waals surface area contributed by atoms with E-state index in [9.17, 15) is 48.3 Å². The lowest BCUT2D eigenvalue weighted by atomic mass is 9.83. The Kier molecular flexibility index (Phi) is 9.10. The van der Waals surface area contributed by atoms with Gasteiger partial charge >= 0.3 is 6.18 Å². The highest BCUT2D eigenvalue weighted by atomic mass is 19.4. The van der Waals surface area contributed by atoms with Crippen LogP contribution in [0.15, 0.2) is 36.6 Å². The SMILES string of the molecule is C=COCC.FC1=CC(F)(C(F)(F)F)C(F)C(c2c(F)c(F)cc(F)c2F)=C1F.O. The first-order chi connectivity index (χ1) is 13.2. The summed E-state index contributed by atoms with van der Waals surface area (Å²) in [6.07, 6.45) is -10.1. The lowest BCUT2D eigenvalue weighted by Gasteiger charge is -2.32. The molecule has 0 saturated heterocycles. The van der Waals surface area contributed by atoms with Gasteiger partial charge in [-0.05, 0) is 6.92 Å². The van der Waals surface area contributed by atoms with Gasteiger partial charge in [0.05, 0.1) is 18.4 Å². The minimum atomic E-state index is -6.16. The van der Waals surface area contributed by atoms with Gasteiger partial charge in [-0.15, -0.1) is 0 Å². The van der Waals surface area contributed by atoms with Gasteiger partial charge in [0.15, 0.2) is 41.1 Å². The first-order valence-corrected chi connectivity index (χ1v) is 7.48. The number of rotatable bonds is 3. The molecular formula is C17H13F11O2. The molecule has 13 heteroatoms. The number of hydrogen-bond donors (Lipinski definition) is 0. The normalized spacial score (nSPS) is 21.2. The van der Waals surface area contributed by atoms with E-state index in [1.165, 1.54) is 6.26 Å². The van der Waals surface area contributed by atoms with Crippen molar-refractivity contribution in [1.29, 1.82) is 0 Å². The predicted octanol–water partition coefficient (Wildman–Crippen LogP) is 5.74. The van der Waals surface area contributed by atoms with Crippen LogP contribution in [0.3, 0.4) is 0 Å². The van der Waals surface area contributed by atoms with Crippen LogP contribution in [0.1, 0.15) is 12.5 Å². The van der Waals surface area contributed by atoms with Crippen LogP contribution in [-0.2, 0) is 4.74 Å². The van der Waals surface area contributed by atoms with Crippen LogP contribution >= 0.6 is 0 Å². The average Bonchev–Trinajstić information content (AvgIpc) is 2.61. The third-order valence-electron chi connectivity index (χ3n) is 3.51. The van der Waals surface area contributed by atoms with Crippen molar-refractivity contribution in [3.05, 3.63) is 65.5 Å². The van der Waals surface area contributed by atoms with Crippen molar-refractivity contribution in [2.75, 3.05) is 6.61 Å². The van der Waals surface area contributed by atoms with Gasteiger partial charge in [0.1, 0.15) is 0 Å². The second kappa shape index (κ2) is 9.96. The van der Waals surface area contributed by atoms with E-state index in [4.69, 9.17) is 0 Å². The van der Waals surface area contributed by atoms with E-state index in [0.29, 0.717) is 0 Å². The van der Waals surface area contributed by atoms with Crippen LogP contribution in [0.4, 0.5) is 48.3 Å². The molecule has 1 aliphatic carbocycles. The summed E-state index contributed by atoms with van der Waals surface area (Å²) in [5, 5.41) is 0. The van der Waals surface area contributed by atoms with Crippen molar-refractivity contribution >= 4 is 5.57 Å². The number of hydrogen-bond acceptors (Lipinski definition) is 1. The third kappa shape index (κ3) is 4.94. The molecule has 0 saturated carbocycles. The number of allylic oxidation sites excluding steroid dienone is 4. The highest BCUT2D eigenvalue weighted by Crippen LogP contribution is 2.50. The smallest absolute Gasteiger partial charge is 0.429 e. The molecule has 0 bridgehead atoms. The second-order valence-electron chi connectivity index (χ2n) is 5.31. The van der Waals surface area contributed by atoms with Gasteiger partial charge in [-0.1, -0.05) is 6.58 Å². The van der Waals surface area contributed by atoms with Gasteiger partial charge in [0, 0.05) is 17.7 Å². The molecule has 2 atom stereocenters. The van der Waals surface area contributed by atoms with Crippen molar-refractivity contribution in [3.8, 4) is 0 Å². The fraction of sp³-hybridized carbons (Fsp3) is 0.294. The summed E-state index contributed by atoms with van der Waals surface area (Å²) < 4.78 is 150. The molecule has 0 aliphatic heterocycles. The summed E-state index contributed by atoms with van der Waals surface area (Å²) >= 11 is 0. The van der Waals surface area contributed by atoms with E-state index in [1.54, 1.807) is 0 Å². The van der Waals surface area contributed by atoms with Crippen molar-refractivity contribution < 1.29 is 58.5 Å². The fourth-order valence-corrected chi connectivity index (χ4v) is 2.16. The third-order valence-corrected chi connectivity index (χ3v) is 3.51. The summed E-state index contributed by atoms with van der Waals surface area (Å²) in [4.78, 5) is 0. The molecule has 30 heavy (non-hydrogen) atoms. The van der Waals surface area contributed by atoms with E-state index in [1.807, 2.05) is 6.92 Å². The molecule has 0 amide bonds. The van der Waals surface area contributed by atoms with Crippen LogP contribution in [-0.4, -0.2) is 30.1 Å². The fourth-order valence-electron chi connectivity index (χ4n) is 2.16. The predicted molar refractivity (Wildman–Crippen MR) is 83.7 cm³/mol. The van der Waals surface area contributed by atoms with Crippen molar-refractivity contribution in [1.82, 2.24) is 0 Å². The molecule has 2 N–H and O–H groups in total. The van der Waals surface area contributed by atoms with Crippen LogP contribution in [0, 0.1) is 23.3 Å². The van der Waals surface area contributed by atoms with Gasteiger partial charge in [-0.25, -0.2) is 35.1 Å². The first kappa shape index (κ1) is 27.4. The van der Waals surface area contributed by atoms with E-state index >= 15 is 0 Å². The Balaban J connectivity index is 0.00000125. The van der Waals surface area contributed by atoms with Crippen molar-refractivity contribution in [3.63, 3.8) is 0 Å². The quantitative estimate of drug-likeness (QED) is 0.324. The zero-order valence-electron chi connectivity index (χ0n) is 14.8. The summed E-state index contributed by atoms with van der Waals surface area (Å²) in [6, 6.07) is -0.401. The van der Waals surface area contributed by atoms with E-state index < -0.39 is 76.2 Å². The van der Waals surface area contributed by atoms with Gasteiger partial charge in [0.25, 0.3) is 5.67 Å². The zero-order valence-corrected chi connectivity index (χ0v) is 14.8. The van der Waals surface area contributed by atoms with Crippen LogP contribution in [0.2, 0.25) is 0 Å². The molecule has 2 rings (SSSR count). The Morgan fingerprint density at radius 1 is 1.07 bits per heavy atom. The van der Waals surface area contributed by atoms with Crippen LogP contribution < -0.4 is 0 Å². The van der Waals surface area contributed by atoms with E-state index in [-0.39, 0.29) is 5.48 Å². The molecule has 170 valence electrons. The summed E-state index contributed by atoms with van der Waals surface area (Å²) in [5.41, 5.74) is -9.99. The van der Waals surface area contributed by atoms with Gasteiger partial charge in [-0.3, -0.25) is 0 Å². The largest absolute Gasteiger partial charge is 0.502 e. The zero-order chi connectivity index (χ0) is 22.7. The Bertz CT molecular complexity index is 819. The van der Waals surface area contributed by atoms with Crippen LogP contribution in [0.25, 0.3) is 5.57 Å². The standard InChI is InChI=1S/C13H3F11.C4H8O.H2O/c14-3-1-4(15)9(18)6(8(3)17)7-10(19)5(16)2-12(21,11(7)20)13(22,23)24;1-3-5-4-2;/h1-2,11H;3H,1,4H2,2H3;1H2. The Labute approximate surface area is 162 Å². The molecule has 0 aromatic heterocycles. The molecule has 0 spiro atoms. The Hall–Kier alpha value is -2.57. The molecule has 2 nitrogen and oxygen atoms in total. The van der Waals surface area contributed by atoms with Gasteiger partial charge < -0.3 is 10.2 Å². The molecular weight excluding hydrogens is 445 g/mol. The lowest BCUT2D eigenvalue weighted by molar-refractivity contribution is -0.225. The number of alkyl halides is 5. The maximum absolute atomic E-state index is 13.9. The maximum atomic E-state index is 13.9. The number of ether oxygens (including phenoxy) is 1. The van der Waals surface area contributed by atoms with Crippen molar-refractivity contribution in [2.24, 2.45) is 0 Å². The first-order valence-electron chi connectivity index (χ1n) is 7.48. The Morgan fingerprint density at radius 3 is 1.87 bits per heavy atom. The monoisotopic (exact) mass is 458 g/mol. The molecule has 0 heterocycles. The molecule has 1 aliphatic rings. The minimum Gasteiger partial charge on any atom is -0.502 e. The average molecular weight is 458 g/mol. The number of benzene rings is 1. The highest BCUT2D eigenvalue weighted by Gasteiger charge is 2.64. The molecule has 0 fully saturated rings. The van der Waals surface area contributed by atoms with E-state index in [2.05, 4.69) is 11.3 Å². The van der Waals surface area contributed by atoms with Gasteiger partial charge in [0.2, 0.25) is 0 Å². The highest BCUT2D eigenvalue weighted by molar-refractivity contribution is 5.77. The van der Waals surface area contributed by atoms with Crippen LogP contribution in [0.5, 0.6) is 0 Å². The van der Waals surface area contributed by atoms with Crippen molar-refractivity contribution in [2.45, 2.75) is 24.9 Å². The molecule has 1 aromatic rings. The number of halogens is 11. The molecule has 2 unspecified atom stereocenters. The second-order valence-corrected chi connectivity index (χ2v) is 5.31. The summed E-state index contributed by atoms with van der Waals surface area (Å²) in [6.45, 7) is 5.97. The van der Waals surface area contributed by atoms with E-state index in [0.717, 1.165) is 6.61 Å². The lowest BCUT2D eigenvalue weighted by Crippen LogP contribution is -2.49. The molecule has 0 radical (unpaired) electrons. The molecule has 1 aromatic carbocycles. The Morgan fingerprint density at radius 2 is 1.53 bits per heavy atom.